The molecule has 0 saturated carbocycles. The normalized spacial score (nSPS) is 13.4. The maximum Gasteiger partial charge on any atom is 0.325 e. The largest absolute Gasteiger partial charge is 0.460 e. The van der Waals surface area contributed by atoms with Crippen LogP contribution in [0, 0.1) is 11.6 Å². The molecule has 1 atom stereocenters. The zero-order chi connectivity index (χ0) is 27.0. The summed E-state index contributed by atoms with van der Waals surface area (Å²) in [5, 5.41) is 9.42. The van der Waals surface area contributed by atoms with Crippen LogP contribution in [0.5, 0.6) is 0 Å². The van der Waals surface area contributed by atoms with Crippen LogP contribution in [0.1, 0.15) is 27.2 Å². The van der Waals surface area contributed by atoms with Gasteiger partial charge in [-0.15, -0.1) is 0 Å². The maximum atomic E-state index is 14.3. The fraction of sp³-hybridized carbons (Fsp3) is 0.185. The molecule has 3 aromatic carbocycles. The smallest absolute Gasteiger partial charge is 0.325 e. The number of carbonyl (C=O) groups is 2. The molecule has 4 aromatic rings. The Morgan fingerprint density at radius 2 is 1.71 bits per heavy atom. The number of aliphatic hydroxyl groups is 1. The molecule has 2 heterocycles. The van der Waals surface area contributed by atoms with Crippen LogP contribution in [0.3, 0.4) is 0 Å². The molecule has 0 saturated heterocycles. The van der Waals surface area contributed by atoms with Crippen molar-refractivity contribution in [3.63, 3.8) is 0 Å². The van der Waals surface area contributed by atoms with Crippen molar-refractivity contribution < 1.29 is 28.2 Å². The number of aromatic nitrogens is 2. The Morgan fingerprint density at radius 1 is 1.03 bits per heavy atom. The predicted octanol–water partition coefficient (Wildman–Crippen LogP) is 2.68. The Balaban J connectivity index is 1.54. The molecule has 11 heteroatoms. The van der Waals surface area contributed by atoms with E-state index in [-0.39, 0.29) is 28.7 Å². The molecule has 0 spiro atoms. The van der Waals surface area contributed by atoms with E-state index in [0.717, 1.165) is 23.3 Å². The fourth-order valence-corrected chi connectivity index (χ4v) is 4.41. The second-order valence-corrected chi connectivity index (χ2v) is 8.91. The second-order valence-electron chi connectivity index (χ2n) is 8.91. The average molecular weight is 520 g/mol. The van der Waals surface area contributed by atoms with E-state index in [2.05, 4.69) is 9.97 Å². The number of ether oxygens (including phenoxy) is 1. The number of esters is 1. The summed E-state index contributed by atoms with van der Waals surface area (Å²) in [4.78, 5) is 35.6. The zero-order valence-corrected chi connectivity index (χ0v) is 20.0. The van der Waals surface area contributed by atoms with Crippen molar-refractivity contribution in [1.82, 2.24) is 14.9 Å². The first-order valence-electron chi connectivity index (χ1n) is 11.7. The van der Waals surface area contributed by atoms with Gasteiger partial charge in [-0.1, -0.05) is 30.3 Å². The number of carbonyl (C=O) groups excluding carboxylic acids is 2. The fourth-order valence-electron chi connectivity index (χ4n) is 4.41. The van der Waals surface area contributed by atoms with Crippen LogP contribution in [0.15, 0.2) is 54.6 Å². The van der Waals surface area contributed by atoms with Gasteiger partial charge in [-0.2, -0.15) is 0 Å². The highest BCUT2D eigenvalue weighted by Gasteiger charge is 2.27. The number of amides is 1. The minimum Gasteiger partial charge on any atom is -0.460 e. The standard InChI is InChI=1S/C27H23F2N5O4/c28-20-8-17(13-38-26(37)22(30)12-35)18(9-21(20)29)14-5-6-23-19(7-14)24(33-27(31)32-23)25(36)34-10-15-3-1-2-4-16(15)11-34/h1-9,22,35H,10-13,30H2,(H2,31,32,33). The summed E-state index contributed by atoms with van der Waals surface area (Å²) in [6.07, 6.45) is 0. The monoisotopic (exact) mass is 519 g/mol. The van der Waals surface area contributed by atoms with Crippen molar-refractivity contribution in [3.8, 4) is 11.1 Å². The lowest BCUT2D eigenvalue weighted by atomic mass is 9.97. The topological polar surface area (TPSA) is 145 Å². The summed E-state index contributed by atoms with van der Waals surface area (Å²) in [5.74, 6) is -3.57. The molecule has 5 rings (SSSR count). The molecular weight excluding hydrogens is 496 g/mol. The number of rotatable bonds is 6. The van der Waals surface area contributed by atoms with Crippen molar-refractivity contribution in [2.24, 2.45) is 5.73 Å². The van der Waals surface area contributed by atoms with Gasteiger partial charge in [0.25, 0.3) is 5.91 Å². The third kappa shape index (κ3) is 4.76. The third-order valence-electron chi connectivity index (χ3n) is 6.37. The van der Waals surface area contributed by atoms with E-state index >= 15 is 0 Å². The summed E-state index contributed by atoms with van der Waals surface area (Å²) in [5.41, 5.74) is 14.7. The quantitative estimate of drug-likeness (QED) is 0.330. The molecular formula is C27H23F2N5O4. The van der Waals surface area contributed by atoms with Gasteiger partial charge in [-0.25, -0.2) is 18.7 Å². The number of nitrogen functional groups attached to an aromatic ring is 1. The summed E-state index contributed by atoms with van der Waals surface area (Å²) < 4.78 is 33.5. The molecule has 5 N–H and O–H groups in total. The molecule has 0 fully saturated rings. The Morgan fingerprint density at radius 3 is 2.39 bits per heavy atom. The molecule has 9 nitrogen and oxygen atoms in total. The highest BCUT2D eigenvalue weighted by molar-refractivity contribution is 6.06. The van der Waals surface area contributed by atoms with E-state index < -0.39 is 36.9 Å². The molecule has 194 valence electrons. The number of hydrogen-bond donors (Lipinski definition) is 3. The number of nitrogens with two attached hydrogens (primary N) is 2. The van der Waals surface area contributed by atoms with Crippen LogP contribution in [-0.2, 0) is 29.2 Å². The number of nitrogens with zero attached hydrogens (tertiary/aromatic N) is 3. The van der Waals surface area contributed by atoms with Crippen molar-refractivity contribution in [1.29, 1.82) is 0 Å². The minimum atomic E-state index is -1.27. The third-order valence-corrected chi connectivity index (χ3v) is 6.37. The van der Waals surface area contributed by atoms with Crippen LogP contribution in [0.25, 0.3) is 22.0 Å². The highest BCUT2D eigenvalue weighted by atomic mass is 19.2. The van der Waals surface area contributed by atoms with Crippen molar-refractivity contribution in [3.05, 3.63) is 88.6 Å². The van der Waals surface area contributed by atoms with E-state index in [9.17, 15) is 18.4 Å². The van der Waals surface area contributed by atoms with E-state index in [1.54, 1.807) is 23.1 Å². The zero-order valence-electron chi connectivity index (χ0n) is 20.0. The van der Waals surface area contributed by atoms with E-state index in [1.165, 1.54) is 0 Å². The van der Waals surface area contributed by atoms with Gasteiger partial charge in [-0.05, 0) is 46.5 Å². The van der Waals surface area contributed by atoms with Crippen LogP contribution >= 0.6 is 0 Å². The number of halogens is 2. The Hall–Kier alpha value is -4.48. The Bertz CT molecular complexity index is 1550. The van der Waals surface area contributed by atoms with Crippen LogP contribution in [0.2, 0.25) is 0 Å². The molecule has 1 aromatic heterocycles. The summed E-state index contributed by atoms with van der Waals surface area (Å²) >= 11 is 0. The van der Waals surface area contributed by atoms with Gasteiger partial charge >= 0.3 is 5.97 Å². The lowest BCUT2D eigenvalue weighted by molar-refractivity contribution is -0.147. The molecule has 1 aliphatic heterocycles. The van der Waals surface area contributed by atoms with Gasteiger partial charge < -0.3 is 26.2 Å². The molecule has 1 amide bonds. The SMILES string of the molecule is Nc1nc(C(=O)N2Cc3ccccc3C2)c2cc(-c3cc(F)c(F)cc3COC(=O)C(N)CO)ccc2n1. The second kappa shape index (κ2) is 10.1. The predicted molar refractivity (Wildman–Crippen MR) is 134 cm³/mol. The number of aliphatic hydroxyl groups excluding tert-OH is 1. The molecule has 1 unspecified atom stereocenters. The first-order valence-corrected chi connectivity index (χ1v) is 11.7. The summed E-state index contributed by atoms with van der Waals surface area (Å²) in [6.45, 7) is -0.229. The number of benzene rings is 3. The van der Waals surface area contributed by atoms with E-state index in [1.807, 2.05) is 24.3 Å². The van der Waals surface area contributed by atoms with E-state index in [0.29, 0.717) is 29.6 Å². The summed E-state index contributed by atoms with van der Waals surface area (Å²) in [7, 11) is 0. The number of anilines is 1. The Kier molecular flexibility index (Phi) is 6.70. The van der Waals surface area contributed by atoms with Crippen LogP contribution in [0.4, 0.5) is 14.7 Å². The van der Waals surface area contributed by atoms with Gasteiger partial charge in [0.15, 0.2) is 11.6 Å². The lowest BCUT2D eigenvalue weighted by Gasteiger charge is -2.17. The van der Waals surface area contributed by atoms with Gasteiger partial charge in [-0.3, -0.25) is 9.59 Å². The highest BCUT2D eigenvalue weighted by Crippen LogP contribution is 2.32. The summed E-state index contributed by atoms with van der Waals surface area (Å²) in [6, 6.07) is 13.1. The van der Waals surface area contributed by atoms with Crippen molar-refractivity contribution >= 4 is 28.7 Å². The number of fused-ring (bicyclic) bond motifs is 2. The van der Waals surface area contributed by atoms with Gasteiger partial charge in [0, 0.05) is 24.0 Å². The van der Waals surface area contributed by atoms with E-state index in [4.69, 9.17) is 21.3 Å². The molecule has 0 aliphatic carbocycles. The first-order chi connectivity index (χ1) is 18.2. The van der Waals surface area contributed by atoms with Crippen molar-refractivity contribution in [2.45, 2.75) is 25.7 Å². The van der Waals surface area contributed by atoms with Gasteiger partial charge in [0.2, 0.25) is 5.95 Å². The molecule has 0 radical (unpaired) electrons. The number of hydrogen-bond acceptors (Lipinski definition) is 8. The average Bonchev–Trinajstić information content (AvgIpc) is 3.36. The molecule has 0 bridgehead atoms. The first kappa shape index (κ1) is 25.2. The van der Waals surface area contributed by atoms with Crippen LogP contribution < -0.4 is 11.5 Å². The maximum absolute atomic E-state index is 14.3. The Labute approximate surface area is 215 Å². The molecule has 1 aliphatic rings. The van der Waals surface area contributed by atoms with Crippen molar-refractivity contribution in [2.75, 3.05) is 12.3 Å². The van der Waals surface area contributed by atoms with Crippen LogP contribution in [-0.4, -0.2) is 44.5 Å². The minimum absolute atomic E-state index is 0.0756. The van der Waals surface area contributed by atoms with Gasteiger partial charge in [0.05, 0.1) is 12.1 Å². The lowest BCUT2D eigenvalue weighted by Crippen LogP contribution is -2.35. The molecule has 38 heavy (non-hydrogen) atoms. The van der Waals surface area contributed by atoms with Gasteiger partial charge in [0.1, 0.15) is 18.3 Å².